The Hall–Kier alpha value is -4.22. The molecule has 1 unspecified atom stereocenters. The van der Waals surface area contributed by atoms with Crippen molar-refractivity contribution in [1.82, 2.24) is 20.1 Å². The Morgan fingerprint density at radius 3 is 2.79 bits per heavy atom. The van der Waals surface area contributed by atoms with Crippen LogP contribution in [-0.2, 0) is 0 Å². The van der Waals surface area contributed by atoms with E-state index >= 15 is 0 Å². The number of hydrogen-bond acceptors (Lipinski definition) is 6. The number of carboxylic acids is 1. The normalized spacial score (nSPS) is 14.4. The lowest BCUT2D eigenvalue weighted by atomic mass is 9.96. The second kappa shape index (κ2) is 8.61. The average Bonchev–Trinajstić information content (AvgIpc) is 3.25. The van der Waals surface area contributed by atoms with Gasteiger partial charge in [-0.3, -0.25) is 4.68 Å². The van der Waals surface area contributed by atoms with Crippen LogP contribution in [0.2, 0.25) is 0 Å². The number of para-hydroxylation sites is 1. The number of aromatic carboxylic acids is 1. The van der Waals surface area contributed by atoms with Gasteiger partial charge in [-0.25, -0.2) is 9.78 Å². The minimum Gasteiger partial charge on any atom is -0.478 e. The summed E-state index contributed by atoms with van der Waals surface area (Å²) in [6.07, 6.45) is 3.74. The van der Waals surface area contributed by atoms with Crippen LogP contribution in [-0.4, -0.2) is 38.9 Å². The van der Waals surface area contributed by atoms with E-state index in [9.17, 15) is 15.2 Å². The number of nitrogens with one attached hydrogen (secondary N) is 2. The highest BCUT2D eigenvalue weighted by molar-refractivity contribution is 5.94. The molecule has 5 rings (SSSR count). The average molecular weight is 453 g/mol. The zero-order valence-corrected chi connectivity index (χ0v) is 18.9. The highest BCUT2D eigenvalue weighted by Crippen LogP contribution is 2.33. The molecule has 0 aliphatic carbocycles. The molecule has 1 fully saturated rings. The quantitative estimate of drug-likeness (QED) is 0.399. The van der Waals surface area contributed by atoms with Gasteiger partial charge in [-0.15, -0.1) is 0 Å². The van der Waals surface area contributed by atoms with Crippen molar-refractivity contribution in [3.63, 3.8) is 0 Å². The summed E-state index contributed by atoms with van der Waals surface area (Å²) in [6.45, 7) is 5.74. The lowest BCUT2D eigenvalue weighted by Crippen LogP contribution is -2.43. The Balaban J connectivity index is 1.60. The van der Waals surface area contributed by atoms with Crippen LogP contribution < -0.4 is 10.6 Å². The fraction of sp³-hybridized carbons (Fsp3) is 0.231. The molecule has 1 aliphatic heterocycles. The molecule has 8 nitrogen and oxygen atoms in total. The smallest absolute Gasteiger partial charge is 0.337 e. The second-order valence-corrected chi connectivity index (χ2v) is 8.66. The van der Waals surface area contributed by atoms with Crippen LogP contribution >= 0.6 is 0 Å². The number of fused-ring (bicyclic) bond motifs is 1. The summed E-state index contributed by atoms with van der Waals surface area (Å²) in [6, 6.07) is 15.3. The summed E-state index contributed by atoms with van der Waals surface area (Å²) < 4.78 is 1.93. The number of aromatic nitrogens is 3. The minimum atomic E-state index is -0.981. The van der Waals surface area contributed by atoms with Crippen molar-refractivity contribution >= 4 is 22.6 Å². The number of rotatable bonds is 6. The summed E-state index contributed by atoms with van der Waals surface area (Å²) in [4.78, 5) is 16.3. The molecule has 1 atom stereocenters. The van der Waals surface area contributed by atoms with Gasteiger partial charge in [-0.2, -0.15) is 10.4 Å². The lowest BCUT2D eigenvalue weighted by Gasteiger charge is -2.27. The number of aryl methyl sites for hydroxylation is 1. The van der Waals surface area contributed by atoms with Gasteiger partial charge in [0.25, 0.3) is 0 Å². The molecular formula is C26H24N6O2. The standard InChI is InChI=1S/C26H24N6O2/c1-15-7-20(16(2)30-23-6-4-3-5-19(23)26(33)34)22-9-21(25(10-27)31-24(22)8-15)17-11-29-32(14-17)18-12-28-13-18/h3-9,11,14,16,18,28,30H,12-13H2,1-2H3,(H,33,34). The van der Waals surface area contributed by atoms with Gasteiger partial charge in [0.15, 0.2) is 0 Å². The number of carbonyl (C=O) groups is 1. The lowest BCUT2D eigenvalue weighted by molar-refractivity contribution is 0.0698. The summed E-state index contributed by atoms with van der Waals surface area (Å²) in [5, 5.41) is 31.4. The van der Waals surface area contributed by atoms with Crippen LogP contribution in [0.25, 0.3) is 22.0 Å². The maximum absolute atomic E-state index is 11.7. The molecule has 2 aromatic carbocycles. The van der Waals surface area contributed by atoms with Crippen molar-refractivity contribution in [3.05, 3.63) is 77.2 Å². The highest BCUT2D eigenvalue weighted by Gasteiger charge is 2.21. The number of benzene rings is 2. The van der Waals surface area contributed by atoms with Crippen molar-refractivity contribution in [2.24, 2.45) is 0 Å². The molecule has 0 bridgehead atoms. The maximum Gasteiger partial charge on any atom is 0.337 e. The van der Waals surface area contributed by atoms with Gasteiger partial charge < -0.3 is 15.7 Å². The van der Waals surface area contributed by atoms with Crippen LogP contribution in [0.1, 0.15) is 46.2 Å². The number of pyridine rings is 1. The molecule has 8 heteroatoms. The number of nitriles is 1. The summed E-state index contributed by atoms with van der Waals surface area (Å²) in [7, 11) is 0. The number of hydrogen-bond donors (Lipinski definition) is 3. The van der Waals surface area contributed by atoms with Crippen LogP contribution in [0.15, 0.2) is 54.9 Å². The molecule has 170 valence electrons. The van der Waals surface area contributed by atoms with Gasteiger partial charge in [0, 0.05) is 47.5 Å². The first-order valence-corrected chi connectivity index (χ1v) is 11.1. The monoisotopic (exact) mass is 452 g/mol. The van der Waals surface area contributed by atoms with E-state index in [0.29, 0.717) is 17.4 Å². The maximum atomic E-state index is 11.7. The molecule has 34 heavy (non-hydrogen) atoms. The van der Waals surface area contributed by atoms with Crippen LogP contribution in [0.4, 0.5) is 5.69 Å². The summed E-state index contributed by atoms with van der Waals surface area (Å²) in [5.41, 5.74) is 5.42. The van der Waals surface area contributed by atoms with Crippen LogP contribution in [0, 0.1) is 18.3 Å². The zero-order valence-electron chi connectivity index (χ0n) is 18.9. The van der Waals surface area contributed by atoms with Gasteiger partial charge in [0.05, 0.1) is 23.3 Å². The van der Waals surface area contributed by atoms with Gasteiger partial charge in [0.2, 0.25) is 0 Å². The van der Waals surface area contributed by atoms with Gasteiger partial charge in [-0.05, 0) is 49.2 Å². The SMILES string of the molecule is Cc1cc(C(C)Nc2ccccc2C(=O)O)c2cc(-c3cnn(C4CNC4)c3)c(C#N)nc2c1. The van der Waals surface area contributed by atoms with Gasteiger partial charge in [-0.1, -0.05) is 18.2 Å². The Labute approximate surface area is 196 Å². The van der Waals surface area contributed by atoms with E-state index in [1.807, 2.05) is 42.9 Å². The molecule has 1 saturated heterocycles. The molecule has 0 spiro atoms. The van der Waals surface area contributed by atoms with Crippen molar-refractivity contribution < 1.29 is 9.90 Å². The molecule has 1 aliphatic rings. The van der Waals surface area contributed by atoms with Crippen LogP contribution in [0.5, 0.6) is 0 Å². The molecule has 0 amide bonds. The second-order valence-electron chi connectivity index (χ2n) is 8.66. The summed E-state index contributed by atoms with van der Waals surface area (Å²) >= 11 is 0. The number of carboxylic acid groups (broad SMARTS) is 1. The van der Waals surface area contributed by atoms with Crippen LogP contribution in [0.3, 0.4) is 0 Å². The predicted octanol–water partition coefficient (Wildman–Crippen LogP) is 4.29. The minimum absolute atomic E-state index is 0.200. The Morgan fingerprint density at radius 2 is 2.09 bits per heavy atom. The third-order valence-corrected chi connectivity index (χ3v) is 6.26. The van der Waals surface area contributed by atoms with E-state index in [1.54, 1.807) is 24.4 Å². The molecule has 2 aromatic heterocycles. The Kier molecular flexibility index (Phi) is 5.48. The zero-order chi connectivity index (χ0) is 23.8. The predicted molar refractivity (Wildman–Crippen MR) is 130 cm³/mol. The molecule has 3 N–H and O–H groups in total. The van der Waals surface area contributed by atoms with Crippen molar-refractivity contribution in [2.45, 2.75) is 25.9 Å². The fourth-order valence-corrected chi connectivity index (χ4v) is 4.36. The first-order chi connectivity index (χ1) is 16.4. The van der Waals surface area contributed by atoms with E-state index in [1.165, 1.54) is 0 Å². The van der Waals surface area contributed by atoms with E-state index in [4.69, 9.17) is 0 Å². The topological polar surface area (TPSA) is 116 Å². The first kappa shape index (κ1) is 21.6. The fourth-order valence-electron chi connectivity index (χ4n) is 4.36. The first-order valence-electron chi connectivity index (χ1n) is 11.1. The molecule has 0 radical (unpaired) electrons. The van der Waals surface area contributed by atoms with E-state index < -0.39 is 5.97 Å². The van der Waals surface area contributed by atoms with E-state index in [-0.39, 0.29) is 11.6 Å². The number of nitrogens with zero attached hydrogens (tertiary/aromatic N) is 4. The van der Waals surface area contributed by atoms with E-state index in [0.717, 1.165) is 46.2 Å². The third kappa shape index (κ3) is 3.87. The molecular weight excluding hydrogens is 428 g/mol. The van der Waals surface area contributed by atoms with Crippen molar-refractivity contribution in [3.8, 4) is 17.2 Å². The Bertz CT molecular complexity index is 1450. The molecule has 3 heterocycles. The Morgan fingerprint density at radius 1 is 1.29 bits per heavy atom. The van der Waals surface area contributed by atoms with Gasteiger partial charge in [0.1, 0.15) is 11.8 Å². The number of anilines is 1. The van der Waals surface area contributed by atoms with Crippen molar-refractivity contribution in [1.29, 1.82) is 5.26 Å². The van der Waals surface area contributed by atoms with E-state index in [2.05, 4.69) is 32.9 Å². The molecule has 4 aromatic rings. The van der Waals surface area contributed by atoms with Crippen molar-refractivity contribution in [2.75, 3.05) is 18.4 Å². The third-order valence-electron chi connectivity index (χ3n) is 6.26. The molecule has 0 saturated carbocycles. The van der Waals surface area contributed by atoms with Gasteiger partial charge >= 0.3 is 5.97 Å². The highest BCUT2D eigenvalue weighted by atomic mass is 16.4. The summed E-state index contributed by atoms with van der Waals surface area (Å²) in [5.74, 6) is -0.981. The largest absolute Gasteiger partial charge is 0.478 e.